The van der Waals surface area contributed by atoms with Crippen molar-refractivity contribution in [2.45, 2.75) is 52.0 Å². The summed E-state index contributed by atoms with van der Waals surface area (Å²) in [7, 11) is 0. The van der Waals surface area contributed by atoms with E-state index in [-0.39, 0.29) is 0 Å². The van der Waals surface area contributed by atoms with Crippen LogP contribution < -0.4 is 0 Å². The summed E-state index contributed by atoms with van der Waals surface area (Å²) >= 11 is 0. The van der Waals surface area contributed by atoms with Crippen LogP contribution in [-0.2, 0) is 6.54 Å². The molecule has 0 N–H and O–H groups in total. The van der Waals surface area contributed by atoms with Crippen molar-refractivity contribution in [3.05, 3.63) is 42.0 Å². The molecule has 7 heteroatoms. The first kappa shape index (κ1) is 21.3. The number of nitrogens with zero attached hydrogens (tertiary/aromatic N) is 5. The van der Waals surface area contributed by atoms with Crippen molar-refractivity contribution in [2.75, 3.05) is 32.7 Å². The van der Waals surface area contributed by atoms with E-state index in [1.54, 1.807) is 0 Å². The highest BCUT2D eigenvalue weighted by Crippen LogP contribution is 2.33. The predicted octanol–water partition coefficient (Wildman–Crippen LogP) is 4.79. The number of aryl methyl sites for hydroxylation is 1. The Bertz CT molecular complexity index is 983. The minimum absolute atomic E-state index is 0.480. The van der Waals surface area contributed by atoms with E-state index < -0.39 is 0 Å². The van der Waals surface area contributed by atoms with Gasteiger partial charge in [-0.2, -0.15) is 0 Å². The summed E-state index contributed by atoms with van der Waals surface area (Å²) < 4.78 is 11.5. The molecule has 0 amide bonds. The molecule has 0 unspecified atom stereocenters. The quantitative estimate of drug-likeness (QED) is 0.551. The number of benzene rings is 1. The van der Waals surface area contributed by atoms with Gasteiger partial charge in [-0.3, -0.25) is 4.90 Å². The van der Waals surface area contributed by atoms with E-state index in [1.165, 1.54) is 58.2 Å². The van der Waals surface area contributed by atoms with Crippen LogP contribution in [0.25, 0.3) is 22.7 Å². The van der Waals surface area contributed by atoms with E-state index in [9.17, 15) is 0 Å². The Morgan fingerprint density at radius 1 is 0.906 bits per heavy atom. The third-order valence-electron chi connectivity index (χ3n) is 6.87. The Morgan fingerprint density at radius 2 is 1.66 bits per heavy atom. The highest BCUT2D eigenvalue weighted by atomic mass is 16.5. The van der Waals surface area contributed by atoms with Crippen molar-refractivity contribution in [1.29, 1.82) is 0 Å². The Hall–Kier alpha value is -2.51. The zero-order valence-electron chi connectivity index (χ0n) is 19.0. The maximum atomic E-state index is 6.06. The fourth-order valence-electron chi connectivity index (χ4n) is 5.04. The van der Waals surface area contributed by atoms with Gasteiger partial charge in [0.15, 0.2) is 0 Å². The third kappa shape index (κ3) is 4.94. The molecule has 4 heterocycles. The lowest BCUT2D eigenvalue weighted by molar-refractivity contribution is 0.133. The monoisotopic (exact) mass is 435 g/mol. The highest BCUT2D eigenvalue weighted by molar-refractivity contribution is 5.77. The van der Waals surface area contributed by atoms with Crippen molar-refractivity contribution in [2.24, 2.45) is 5.92 Å². The van der Waals surface area contributed by atoms with Crippen LogP contribution in [0.3, 0.4) is 0 Å². The Balaban J connectivity index is 1.19. The molecule has 0 bridgehead atoms. The standard InChI is InChI=1S/C25H33N5O2/c1-19-23(24(28-32-19)21-9-5-4-6-10-21)25-27-26-22(31-25)18-30-15-11-20(12-16-30)17-29-13-7-2-3-8-14-29/h4-6,9-10,20H,2-3,7-8,11-18H2,1H3. The predicted molar refractivity (Wildman–Crippen MR) is 123 cm³/mol. The molecule has 2 aliphatic rings. The number of aromatic nitrogens is 3. The molecular formula is C25H33N5O2. The summed E-state index contributed by atoms with van der Waals surface area (Å²) in [6.45, 7) is 8.63. The topological polar surface area (TPSA) is 71.4 Å². The van der Waals surface area contributed by atoms with Crippen LogP contribution >= 0.6 is 0 Å². The average Bonchev–Trinajstić information content (AvgIpc) is 3.34. The second kappa shape index (κ2) is 9.96. The van der Waals surface area contributed by atoms with Gasteiger partial charge in [-0.15, -0.1) is 10.2 Å². The van der Waals surface area contributed by atoms with Crippen molar-refractivity contribution in [3.8, 4) is 22.7 Å². The van der Waals surface area contributed by atoms with Gasteiger partial charge in [0.25, 0.3) is 5.89 Å². The molecule has 2 aliphatic heterocycles. The van der Waals surface area contributed by atoms with Gasteiger partial charge in [0.1, 0.15) is 17.0 Å². The first-order valence-electron chi connectivity index (χ1n) is 12.1. The Labute approximate surface area is 189 Å². The maximum Gasteiger partial charge on any atom is 0.253 e. The fraction of sp³-hybridized carbons (Fsp3) is 0.560. The molecular weight excluding hydrogens is 402 g/mol. The number of hydrogen-bond donors (Lipinski definition) is 0. The lowest BCUT2D eigenvalue weighted by Gasteiger charge is -2.34. The van der Waals surface area contributed by atoms with E-state index in [2.05, 4.69) is 25.2 Å². The van der Waals surface area contributed by atoms with Gasteiger partial charge in [-0.1, -0.05) is 48.3 Å². The molecule has 2 fully saturated rings. The molecule has 7 nitrogen and oxygen atoms in total. The van der Waals surface area contributed by atoms with Crippen molar-refractivity contribution in [1.82, 2.24) is 25.2 Å². The zero-order chi connectivity index (χ0) is 21.8. The Kier molecular flexibility index (Phi) is 6.64. The molecule has 0 saturated carbocycles. The Morgan fingerprint density at radius 3 is 2.41 bits per heavy atom. The van der Waals surface area contributed by atoms with Crippen LogP contribution in [0.4, 0.5) is 0 Å². The van der Waals surface area contributed by atoms with Crippen LogP contribution in [-0.4, -0.2) is 57.9 Å². The number of rotatable bonds is 6. The van der Waals surface area contributed by atoms with Crippen LogP contribution in [0.1, 0.15) is 50.2 Å². The smallest absolute Gasteiger partial charge is 0.253 e. The number of hydrogen-bond acceptors (Lipinski definition) is 7. The molecule has 0 radical (unpaired) electrons. The van der Waals surface area contributed by atoms with E-state index in [1.807, 2.05) is 37.3 Å². The van der Waals surface area contributed by atoms with Gasteiger partial charge in [0.2, 0.25) is 5.89 Å². The third-order valence-corrected chi connectivity index (χ3v) is 6.87. The fourth-order valence-corrected chi connectivity index (χ4v) is 5.04. The first-order chi connectivity index (χ1) is 15.8. The normalized spacial score (nSPS) is 19.3. The summed E-state index contributed by atoms with van der Waals surface area (Å²) in [4.78, 5) is 5.14. The summed E-state index contributed by atoms with van der Waals surface area (Å²) in [6, 6.07) is 9.97. The molecule has 1 aromatic carbocycles. The second-order valence-corrected chi connectivity index (χ2v) is 9.26. The largest absolute Gasteiger partial charge is 0.419 e. The molecule has 0 spiro atoms. The van der Waals surface area contributed by atoms with Gasteiger partial charge in [-0.05, 0) is 64.7 Å². The highest BCUT2D eigenvalue weighted by Gasteiger charge is 2.25. The van der Waals surface area contributed by atoms with Crippen LogP contribution in [0.15, 0.2) is 39.3 Å². The van der Waals surface area contributed by atoms with E-state index >= 15 is 0 Å². The van der Waals surface area contributed by atoms with Gasteiger partial charge >= 0.3 is 0 Å². The minimum Gasteiger partial charge on any atom is -0.419 e. The molecule has 170 valence electrons. The molecule has 2 saturated heterocycles. The van der Waals surface area contributed by atoms with Crippen molar-refractivity contribution >= 4 is 0 Å². The van der Waals surface area contributed by atoms with Gasteiger partial charge < -0.3 is 13.8 Å². The summed E-state index contributed by atoms with van der Waals surface area (Å²) in [6.07, 6.45) is 8.05. The summed E-state index contributed by atoms with van der Waals surface area (Å²) in [5, 5.41) is 12.9. The molecule has 0 atom stereocenters. The van der Waals surface area contributed by atoms with E-state index in [0.717, 1.165) is 35.8 Å². The summed E-state index contributed by atoms with van der Waals surface area (Å²) in [5.41, 5.74) is 2.50. The van der Waals surface area contributed by atoms with E-state index in [0.29, 0.717) is 24.1 Å². The van der Waals surface area contributed by atoms with Crippen molar-refractivity contribution in [3.63, 3.8) is 0 Å². The lowest BCUT2D eigenvalue weighted by Crippen LogP contribution is -2.38. The van der Waals surface area contributed by atoms with Gasteiger partial charge in [0, 0.05) is 12.1 Å². The molecule has 2 aromatic heterocycles. The van der Waals surface area contributed by atoms with Crippen molar-refractivity contribution < 1.29 is 8.94 Å². The second-order valence-electron chi connectivity index (χ2n) is 9.26. The van der Waals surface area contributed by atoms with Gasteiger partial charge in [-0.25, -0.2) is 0 Å². The molecule has 0 aliphatic carbocycles. The lowest BCUT2D eigenvalue weighted by atomic mass is 9.96. The maximum absolute atomic E-state index is 6.06. The van der Waals surface area contributed by atoms with Crippen LogP contribution in [0.2, 0.25) is 0 Å². The molecule has 32 heavy (non-hydrogen) atoms. The average molecular weight is 436 g/mol. The minimum atomic E-state index is 0.480. The summed E-state index contributed by atoms with van der Waals surface area (Å²) in [5.74, 6) is 2.64. The number of likely N-dealkylation sites (tertiary alicyclic amines) is 2. The van der Waals surface area contributed by atoms with Crippen LogP contribution in [0, 0.1) is 12.8 Å². The zero-order valence-corrected chi connectivity index (χ0v) is 19.0. The number of piperidine rings is 1. The SMILES string of the molecule is Cc1onc(-c2ccccc2)c1-c1nnc(CN2CCC(CN3CCCCCC3)CC2)o1. The van der Waals surface area contributed by atoms with E-state index in [4.69, 9.17) is 8.94 Å². The molecule has 3 aromatic rings. The first-order valence-corrected chi connectivity index (χ1v) is 12.1. The van der Waals surface area contributed by atoms with Gasteiger partial charge in [0.05, 0.1) is 6.54 Å². The van der Waals surface area contributed by atoms with Crippen LogP contribution in [0.5, 0.6) is 0 Å². The molecule has 5 rings (SSSR count).